The number of phenolic OH excluding ortho intramolecular Hbond substituents is 1. The minimum Gasteiger partial charge on any atom is -0.505 e. The van der Waals surface area contributed by atoms with Crippen LogP contribution in [0.15, 0.2) is 35.7 Å². The Morgan fingerprint density at radius 3 is 2.60 bits per heavy atom. The molecule has 0 amide bonds. The predicted molar refractivity (Wildman–Crippen MR) is 97.4 cm³/mol. The smallest absolute Gasteiger partial charge is 0.165 e. The summed E-state index contributed by atoms with van der Waals surface area (Å²) in [4.78, 5) is 3.71. The minimum atomic E-state index is -0.547. The van der Waals surface area contributed by atoms with Gasteiger partial charge in [0.25, 0.3) is 0 Å². The molecule has 2 aliphatic rings. The van der Waals surface area contributed by atoms with Gasteiger partial charge in [0.05, 0.1) is 5.60 Å². The summed E-state index contributed by atoms with van der Waals surface area (Å²) >= 11 is 1.73. The van der Waals surface area contributed by atoms with Crippen LogP contribution in [0, 0.1) is 17.7 Å². The van der Waals surface area contributed by atoms with Crippen LogP contribution >= 0.6 is 11.3 Å². The van der Waals surface area contributed by atoms with Gasteiger partial charge in [0.15, 0.2) is 11.6 Å². The monoisotopic (exact) mass is 361 g/mol. The van der Waals surface area contributed by atoms with Crippen LogP contribution in [0.4, 0.5) is 4.39 Å². The average Bonchev–Trinajstić information content (AvgIpc) is 3.24. The van der Waals surface area contributed by atoms with E-state index in [4.69, 9.17) is 0 Å². The molecule has 3 nitrogen and oxygen atoms in total. The number of aromatic hydroxyl groups is 1. The van der Waals surface area contributed by atoms with E-state index in [1.807, 2.05) is 6.07 Å². The summed E-state index contributed by atoms with van der Waals surface area (Å²) in [7, 11) is 0. The van der Waals surface area contributed by atoms with Crippen LogP contribution in [-0.4, -0.2) is 40.3 Å². The van der Waals surface area contributed by atoms with Gasteiger partial charge >= 0.3 is 0 Å². The van der Waals surface area contributed by atoms with E-state index in [2.05, 4.69) is 16.3 Å². The summed E-state index contributed by atoms with van der Waals surface area (Å²) in [6.45, 7) is 2.95. The Balaban J connectivity index is 1.29. The molecule has 0 radical (unpaired) electrons. The Labute approximate surface area is 151 Å². The predicted octanol–water partition coefficient (Wildman–Crippen LogP) is 3.45. The summed E-state index contributed by atoms with van der Waals surface area (Å²) in [5, 5.41) is 22.3. The molecule has 2 N–H and O–H groups in total. The maximum Gasteiger partial charge on any atom is 0.165 e. The zero-order chi connectivity index (χ0) is 17.4. The molecule has 134 valence electrons. The van der Waals surface area contributed by atoms with Crippen molar-refractivity contribution < 1.29 is 14.6 Å². The number of fused-ring (bicyclic) bond motifs is 1. The molecule has 2 fully saturated rings. The Morgan fingerprint density at radius 1 is 1.20 bits per heavy atom. The lowest BCUT2D eigenvalue weighted by atomic mass is 9.95. The first-order valence-corrected chi connectivity index (χ1v) is 9.83. The van der Waals surface area contributed by atoms with E-state index in [1.54, 1.807) is 17.4 Å². The van der Waals surface area contributed by atoms with E-state index in [0.717, 1.165) is 50.9 Å². The van der Waals surface area contributed by atoms with Gasteiger partial charge in [0.1, 0.15) is 0 Å². The molecule has 1 aliphatic heterocycles. The molecule has 0 spiro atoms. The second-order valence-corrected chi connectivity index (χ2v) is 8.74. The molecule has 2 aromatic rings. The Hall–Kier alpha value is -1.43. The van der Waals surface area contributed by atoms with Crippen molar-refractivity contribution in [3.05, 3.63) is 52.0 Å². The van der Waals surface area contributed by atoms with Gasteiger partial charge in [-0.05, 0) is 60.2 Å². The first-order chi connectivity index (χ1) is 12.0. The van der Waals surface area contributed by atoms with E-state index >= 15 is 0 Å². The molecule has 3 atom stereocenters. The van der Waals surface area contributed by atoms with Crippen molar-refractivity contribution in [3.63, 3.8) is 0 Å². The van der Waals surface area contributed by atoms with Crippen LogP contribution in [-0.2, 0) is 12.8 Å². The van der Waals surface area contributed by atoms with E-state index < -0.39 is 11.4 Å². The van der Waals surface area contributed by atoms with Gasteiger partial charge in [-0.25, -0.2) is 4.39 Å². The molecule has 0 bridgehead atoms. The quantitative estimate of drug-likeness (QED) is 0.857. The summed E-state index contributed by atoms with van der Waals surface area (Å²) in [6, 6.07) is 8.79. The average molecular weight is 361 g/mol. The van der Waals surface area contributed by atoms with Gasteiger partial charge < -0.3 is 15.1 Å². The number of halogens is 1. The van der Waals surface area contributed by atoms with Gasteiger partial charge in [0, 0.05) is 30.9 Å². The van der Waals surface area contributed by atoms with Crippen LogP contribution in [0.5, 0.6) is 5.75 Å². The van der Waals surface area contributed by atoms with Crippen LogP contribution in [0.3, 0.4) is 0 Å². The Morgan fingerprint density at radius 2 is 1.96 bits per heavy atom. The third-order valence-electron chi connectivity index (χ3n) is 5.75. The zero-order valence-corrected chi connectivity index (χ0v) is 15.0. The van der Waals surface area contributed by atoms with Crippen molar-refractivity contribution in [1.29, 1.82) is 0 Å². The summed E-state index contributed by atoms with van der Waals surface area (Å²) < 4.78 is 13.4. The first-order valence-electron chi connectivity index (χ1n) is 8.95. The molecule has 1 saturated heterocycles. The standard InChI is InChI=1S/C20H24FNO2S/c21-18-8-14(3-4-19(18)23)5-6-22-12-15-9-20(24,10-16(15)13-22)11-17-2-1-7-25-17/h1-4,7-8,15-16,23-24H,5-6,9-13H2/t15-,16+,20?. The van der Waals surface area contributed by atoms with Crippen LogP contribution in [0.1, 0.15) is 23.3 Å². The highest BCUT2D eigenvalue weighted by Crippen LogP contribution is 2.45. The third-order valence-corrected chi connectivity index (χ3v) is 6.62. The Kier molecular flexibility index (Phi) is 4.56. The van der Waals surface area contributed by atoms with E-state index in [1.165, 1.54) is 17.0 Å². The van der Waals surface area contributed by atoms with E-state index in [0.29, 0.717) is 11.8 Å². The van der Waals surface area contributed by atoms with Crippen molar-refractivity contribution in [2.24, 2.45) is 11.8 Å². The van der Waals surface area contributed by atoms with Crippen LogP contribution in [0.2, 0.25) is 0 Å². The molecule has 1 aromatic heterocycles. The maximum absolute atomic E-state index is 13.4. The van der Waals surface area contributed by atoms with Gasteiger partial charge in [-0.1, -0.05) is 12.1 Å². The summed E-state index contributed by atoms with van der Waals surface area (Å²) in [5.41, 5.74) is 0.383. The molecular weight excluding hydrogens is 337 g/mol. The SMILES string of the molecule is Oc1ccc(CCN2C[C@@H]3CC(O)(Cc4cccs4)C[C@@H]3C2)cc1F. The highest BCUT2D eigenvalue weighted by molar-refractivity contribution is 7.09. The number of rotatable bonds is 5. The molecule has 2 heterocycles. The van der Waals surface area contributed by atoms with E-state index in [-0.39, 0.29) is 5.75 Å². The number of thiophene rings is 1. The number of aliphatic hydroxyl groups is 1. The summed E-state index contributed by atoms with van der Waals surface area (Å²) in [5.74, 6) is 0.307. The summed E-state index contributed by atoms with van der Waals surface area (Å²) in [6.07, 6.45) is 3.35. The van der Waals surface area contributed by atoms with Gasteiger partial charge in [-0.15, -0.1) is 11.3 Å². The molecule has 5 heteroatoms. The fraction of sp³-hybridized carbons (Fsp3) is 0.500. The topological polar surface area (TPSA) is 43.7 Å². The lowest BCUT2D eigenvalue weighted by molar-refractivity contribution is 0.0363. The zero-order valence-electron chi connectivity index (χ0n) is 14.2. The van der Waals surface area contributed by atoms with Crippen molar-refractivity contribution in [1.82, 2.24) is 4.90 Å². The van der Waals surface area contributed by atoms with Crippen LogP contribution in [0.25, 0.3) is 0 Å². The minimum absolute atomic E-state index is 0.288. The molecule has 1 aromatic carbocycles. The lowest BCUT2D eigenvalue weighted by Gasteiger charge is -2.25. The molecule has 1 aliphatic carbocycles. The van der Waals surface area contributed by atoms with Crippen molar-refractivity contribution in [3.8, 4) is 5.75 Å². The second-order valence-electron chi connectivity index (χ2n) is 7.70. The second kappa shape index (κ2) is 6.71. The van der Waals surface area contributed by atoms with Crippen molar-refractivity contribution in [2.75, 3.05) is 19.6 Å². The van der Waals surface area contributed by atoms with Gasteiger partial charge in [0.2, 0.25) is 0 Å². The maximum atomic E-state index is 13.4. The normalized spacial score (nSPS) is 29.2. The first kappa shape index (κ1) is 17.0. The molecule has 1 unspecified atom stereocenters. The Bertz CT molecular complexity index is 719. The van der Waals surface area contributed by atoms with Crippen LogP contribution < -0.4 is 0 Å². The molecule has 1 saturated carbocycles. The van der Waals surface area contributed by atoms with Crippen molar-refractivity contribution in [2.45, 2.75) is 31.3 Å². The number of likely N-dealkylation sites (tertiary alicyclic amines) is 1. The highest BCUT2D eigenvalue weighted by Gasteiger charge is 2.47. The molecular formula is C20H24FNO2S. The third kappa shape index (κ3) is 3.73. The fourth-order valence-corrected chi connectivity index (χ4v) is 5.46. The largest absolute Gasteiger partial charge is 0.505 e. The van der Waals surface area contributed by atoms with Gasteiger partial charge in [-0.2, -0.15) is 0 Å². The number of hydrogen-bond acceptors (Lipinski definition) is 4. The number of benzene rings is 1. The highest BCUT2D eigenvalue weighted by atomic mass is 32.1. The molecule has 25 heavy (non-hydrogen) atoms. The van der Waals surface area contributed by atoms with Gasteiger partial charge in [-0.3, -0.25) is 0 Å². The van der Waals surface area contributed by atoms with Crippen molar-refractivity contribution >= 4 is 11.3 Å². The lowest BCUT2D eigenvalue weighted by Crippen LogP contribution is -2.32. The number of hydrogen-bond donors (Lipinski definition) is 2. The van der Waals surface area contributed by atoms with E-state index in [9.17, 15) is 14.6 Å². The molecule has 4 rings (SSSR count). The fourth-order valence-electron chi connectivity index (χ4n) is 4.62. The number of phenols is 1. The number of nitrogens with zero attached hydrogens (tertiary/aromatic N) is 1.